The molecule has 0 spiro atoms. The lowest BCUT2D eigenvalue weighted by Crippen LogP contribution is -2.38. The summed E-state index contributed by atoms with van der Waals surface area (Å²) in [5.74, 6) is 0. The van der Waals surface area contributed by atoms with Crippen molar-refractivity contribution in [1.29, 1.82) is 0 Å². The summed E-state index contributed by atoms with van der Waals surface area (Å²) in [7, 11) is 0. The molecule has 0 aromatic heterocycles. The second-order valence-electron chi connectivity index (χ2n) is 4.51. The summed E-state index contributed by atoms with van der Waals surface area (Å²) in [5.41, 5.74) is 0. The Labute approximate surface area is 99.9 Å². The molecule has 0 aromatic carbocycles. The van der Waals surface area contributed by atoms with Crippen LogP contribution in [-0.2, 0) is 9.47 Å². The monoisotopic (exact) mass is 229 g/mol. The van der Waals surface area contributed by atoms with Gasteiger partial charge in [-0.1, -0.05) is 13.8 Å². The number of ether oxygens (including phenoxy) is 2. The van der Waals surface area contributed by atoms with Crippen molar-refractivity contribution in [1.82, 2.24) is 5.32 Å². The predicted octanol–water partition coefficient (Wildman–Crippen LogP) is 2.35. The van der Waals surface area contributed by atoms with E-state index in [1.165, 1.54) is 25.7 Å². The zero-order chi connectivity index (χ0) is 11.6. The molecule has 1 rings (SSSR count). The molecule has 0 heterocycles. The molecule has 1 N–H and O–H groups in total. The summed E-state index contributed by atoms with van der Waals surface area (Å²) in [5, 5.41) is 3.57. The van der Waals surface area contributed by atoms with Crippen molar-refractivity contribution < 1.29 is 9.47 Å². The molecule has 16 heavy (non-hydrogen) atoms. The molecule has 0 radical (unpaired) electrons. The molecule has 96 valence electrons. The van der Waals surface area contributed by atoms with Crippen molar-refractivity contribution in [2.24, 2.45) is 0 Å². The zero-order valence-corrected chi connectivity index (χ0v) is 10.8. The van der Waals surface area contributed by atoms with E-state index in [1.807, 2.05) is 0 Å². The molecular formula is C13H27NO2. The van der Waals surface area contributed by atoms with Crippen LogP contribution >= 0.6 is 0 Å². The van der Waals surface area contributed by atoms with Gasteiger partial charge in [-0.3, -0.25) is 0 Å². The Morgan fingerprint density at radius 1 is 1.06 bits per heavy atom. The minimum Gasteiger partial charge on any atom is -0.379 e. The highest BCUT2D eigenvalue weighted by atomic mass is 16.5. The van der Waals surface area contributed by atoms with Crippen molar-refractivity contribution in [3.8, 4) is 0 Å². The summed E-state index contributed by atoms with van der Waals surface area (Å²) >= 11 is 0. The first kappa shape index (κ1) is 13.9. The Morgan fingerprint density at radius 2 is 1.94 bits per heavy atom. The number of nitrogens with one attached hydrogen (secondary N) is 1. The summed E-state index contributed by atoms with van der Waals surface area (Å²) < 4.78 is 11.3. The van der Waals surface area contributed by atoms with Gasteiger partial charge >= 0.3 is 0 Å². The van der Waals surface area contributed by atoms with Crippen LogP contribution in [-0.4, -0.2) is 38.5 Å². The maximum Gasteiger partial charge on any atom is 0.0729 e. The van der Waals surface area contributed by atoms with Gasteiger partial charge in [0.2, 0.25) is 0 Å². The van der Waals surface area contributed by atoms with Gasteiger partial charge in [-0.15, -0.1) is 0 Å². The third kappa shape index (κ3) is 5.28. The number of rotatable bonds is 9. The highest BCUT2D eigenvalue weighted by Crippen LogP contribution is 2.21. The van der Waals surface area contributed by atoms with Gasteiger partial charge in [0.15, 0.2) is 0 Å². The van der Waals surface area contributed by atoms with Gasteiger partial charge in [0.05, 0.1) is 19.3 Å². The average molecular weight is 229 g/mol. The second-order valence-corrected chi connectivity index (χ2v) is 4.51. The fraction of sp³-hybridized carbons (Fsp3) is 1.00. The lowest BCUT2D eigenvalue weighted by atomic mass is 10.2. The standard InChI is InChI=1S/C13H27NO2/c1-3-8-14-12-6-5-7-13(12)16-11-10-15-9-4-2/h12-14H,3-11H2,1-2H3. The number of hydrogen-bond acceptors (Lipinski definition) is 3. The van der Waals surface area contributed by atoms with Crippen LogP contribution < -0.4 is 5.32 Å². The summed E-state index contributed by atoms with van der Waals surface area (Å²) in [6.07, 6.45) is 6.46. The van der Waals surface area contributed by atoms with Gasteiger partial charge in [-0.05, 0) is 38.6 Å². The summed E-state index contributed by atoms with van der Waals surface area (Å²) in [6.45, 7) is 7.78. The topological polar surface area (TPSA) is 30.5 Å². The van der Waals surface area contributed by atoms with Crippen molar-refractivity contribution in [3.05, 3.63) is 0 Å². The van der Waals surface area contributed by atoms with E-state index >= 15 is 0 Å². The molecular weight excluding hydrogens is 202 g/mol. The molecule has 1 fully saturated rings. The van der Waals surface area contributed by atoms with Gasteiger partial charge in [-0.2, -0.15) is 0 Å². The third-order valence-electron chi connectivity index (χ3n) is 3.02. The molecule has 0 amide bonds. The smallest absolute Gasteiger partial charge is 0.0729 e. The van der Waals surface area contributed by atoms with Crippen LogP contribution in [0.15, 0.2) is 0 Å². The van der Waals surface area contributed by atoms with E-state index in [0.717, 1.165) is 32.8 Å². The molecule has 0 aliphatic heterocycles. The molecule has 0 aromatic rings. The van der Waals surface area contributed by atoms with E-state index in [4.69, 9.17) is 9.47 Å². The first-order valence-corrected chi connectivity index (χ1v) is 6.81. The molecule has 3 nitrogen and oxygen atoms in total. The van der Waals surface area contributed by atoms with E-state index in [0.29, 0.717) is 12.1 Å². The lowest BCUT2D eigenvalue weighted by molar-refractivity contribution is -0.00260. The van der Waals surface area contributed by atoms with Gasteiger partial charge in [0.1, 0.15) is 0 Å². The van der Waals surface area contributed by atoms with Crippen LogP contribution in [0.5, 0.6) is 0 Å². The highest BCUT2D eigenvalue weighted by Gasteiger charge is 2.26. The lowest BCUT2D eigenvalue weighted by Gasteiger charge is -2.21. The molecule has 1 aliphatic carbocycles. The maximum atomic E-state index is 5.87. The van der Waals surface area contributed by atoms with Crippen LogP contribution in [0.2, 0.25) is 0 Å². The SMILES string of the molecule is CCCNC1CCCC1OCCOCCC. The Balaban J connectivity index is 2.05. The number of hydrogen-bond donors (Lipinski definition) is 1. The molecule has 0 saturated heterocycles. The first-order valence-electron chi connectivity index (χ1n) is 6.81. The van der Waals surface area contributed by atoms with Gasteiger partial charge < -0.3 is 14.8 Å². The predicted molar refractivity (Wildman–Crippen MR) is 66.8 cm³/mol. The highest BCUT2D eigenvalue weighted by molar-refractivity contribution is 4.83. The zero-order valence-electron chi connectivity index (χ0n) is 10.8. The van der Waals surface area contributed by atoms with Crippen molar-refractivity contribution in [2.75, 3.05) is 26.4 Å². The summed E-state index contributed by atoms with van der Waals surface area (Å²) in [4.78, 5) is 0. The molecule has 1 aliphatic rings. The fourth-order valence-electron chi connectivity index (χ4n) is 2.19. The van der Waals surface area contributed by atoms with Crippen LogP contribution in [0.3, 0.4) is 0 Å². The van der Waals surface area contributed by atoms with E-state index in [1.54, 1.807) is 0 Å². The van der Waals surface area contributed by atoms with Gasteiger partial charge in [-0.25, -0.2) is 0 Å². The molecule has 1 saturated carbocycles. The van der Waals surface area contributed by atoms with Crippen molar-refractivity contribution >= 4 is 0 Å². The van der Waals surface area contributed by atoms with Gasteiger partial charge in [0.25, 0.3) is 0 Å². The second kappa shape index (κ2) is 8.97. The van der Waals surface area contributed by atoms with E-state index in [-0.39, 0.29) is 0 Å². The Hall–Kier alpha value is -0.120. The Bertz CT molecular complexity index is 164. The largest absolute Gasteiger partial charge is 0.379 e. The molecule has 2 atom stereocenters. The van der Waals surface area contributed by atoms with Crippen LogP contribution in [0.25, 0.3) is 0 Å². The minimum absolute atomic E-state index is 0.414. The maximum absolute atomic E-state index is 5.87. The molecule has 3 heteroatoms. The average Bonchev–Trinajstić information content (AvgIpc) is 2.74. The quantitative estimate of drug-likeness (QED) is 0.616. The first-order chi connectivity index (χ1) is 7.88. The van der Waals surface area contributed by atoms with E-state index < -0.39 is 0 Å². The Kier molecular flexibility index (Phi) is 7.81. The fourth-order valence-corrected chi connectivity index (χ4v) is 2.19. The van der Waals surface area contributed by atoms with E-state index in [2.05, 4.69) is 19.2 Å². The minimum atomic E-state index is 0.414. The normalized spacial score (nSPS) is 25.1. The Morgan fingerprint density at radius 3 is 2.69 bits per heavy atom. The van der Waals surface area contributed by atoms with Crippen molar-refractivity contribution in [2.45, 2.75) is 58.1 Å². The van der Waals surface area contributed by atoms with Crippen LogP contribution in [0, 0.1) is 0 Å². The van der Waals surface area contributed by atoms with Crippen LogP contribution in [0.4, 0.5) is 0 Å². The molecule has 2 unspecified atom stereocenters. The summed E-state index contributed by atoms with van der Waals surface area (Å²) in [6, 6.07) is 0.575. The van der Waals surface area contributed by atoms with Gasteiger partial charge in [0, 0.05) is 12.6 Å². The van der Waals surface area contributed by atoms with E-state index in [9.17, 15) is 0 Å². The van der Waals surface area contributed by atoms with Crippen LogP contribution in [0.1, 0.15) is 46.0 Å². The third-order valence-corrected chi connectivity index (χ3v) is 3.02. The molecule has 0 bridgehead atoms. The van der Waals surface area contributed by atoms with Crippen molar-refractivity contribution in [3.63, 3.8) is 0 Å².